The molecule has 1 atom stereocenters. The van der Waals surface area contributed by atoms with Crippen LogP contribution in [0.2, 0.25) is 0 Å². The molecule has 1 N–H and O–H groups in total. The molecule has 50 valence electrons. The first-order valence-corrected chi connectivity index (χ1v) is 2.83. The Kier molecular flexibility index (Phi) is 1.47. The van der Waals surface area contributed by atoms with E-state index >= 15 is 0 Å². The second kappa shape index (κ2) is 2.01. The maximum Gasteiger partial charge on any atom is 0.267 e. The molecule has 0 fully saturated rings. The number of rotatable bonds is 0. The molecular formula is C5H6ClNO2. The summed E-state index contributed by atoms with van der Waals surface area (Å²) in [7, 11) is 1.48. The summed E-state index contributed by atoms with van der Waals surface area (Å²) < 4.78 is 0. The van der Waals surface area contributed by atoms with Gasteiger partial charge in [-0.3, -0.25) is 4.79 Å². The highest BCUT2D eigenvalue weighted by atomic mass is 35.5. The number of aliphatic hydroxyl groups is 1. The van der Waals surface area contributed by atoms with Gasteiger partial charge >= 0.3 is 0 Å². The topological polar surface area (TPSA) is 40.5 Å². The van der Waals surface area contributed by atoms with Crippen molar-refractivity contribution in [3.05, 3.63) is 11.1 Å². The molecule has 1 rings (SSSR count). The second-order valence-corrected chi connectivity index (χ2v) is 2.25. The number of aliphatic hydroxyl groups excluding tert-OH is 1. The molecule has 0 saturated carbocycles. The van der Waals surface area contributed by atoms with Crippen molar-refractivity contribution in [1.82, 2.24) is 4.90 Å². The minimum Gasteiger partial charge on any atom is -0.370 e. The maximum atomic E-state index is 10.7. The van der Waals surface area contributed by atoms with Gasteiger partial charge in [0.1, 0.15) is 11.3 Å². The van der Waals surface area contributed by atoms with Crippen molar-refractivity contribution in [3.63, 3.8) is 0 Å². The Morgan fingerprint density at radius 1 is 1.89 bits per heavy atom. The number of halogens is 1. The number of likely N-dealkylation sites (N-methyl/N-ethyl adjacent to an activating group) is 1. The smallest absolute Gasteiger partial charge is 0.267 e. The molecular weight excluding hydrogens is 142 g/mol. The van der Waals surface area contributed by atoms with Crippen LogP contribution in [0.15, 0.2) is 11.1 Å². The Morgan fingerprint density at radius 3 is 2.56 bits per heavy atom. The summed E-state index contributed by atoms with van der Waals surface area (Å²) in [5, 5.41) is 8.97. The summed E-state index contributed by atoms with van der Waals surface area (Å²) >= 11 is 5.36. The van der Waals surface area contributed by atoms with Crippen LogP contribution in [0.3, 0.4) is 0 Å². The summed E-state index contributed by atoms with van der Waals surface area (Å²) in [5.74, 6) is -0.329. The van der Waals surface area contributed by atoms with Crippen molar-refractivity contribution in [1.29, 1.82) is 0 Å². The van der Waals surface area contributed by atoms with Crippen LogP contribution in [-0.2, 0) is 4.79 Å². The lowest BCUT2D eigenvalue weighted by Crippen LogP contribution is -2.29. The molecule has 9 heavy (non-hydrogen) atoms. The lowest BCUT2D eigenvalue weighted by Gasteiger charge is -2.12. The summed E-state index contributed by atoms with van der Waals surface area (Å²) in [6, 6.07) is 0. The zero-order chi connectivity index (χ0) is 7.02. The van der Waals surface area contributed by atoms with E-state index in [2.05, 4.69) is 0 Å². The van der Waals surface area contributed by atoms with Crippen LogP contribution in [0.5, 0.6) is 0 Å². The van der Waals surface area contributed by atoms with Crippen LogP contribution in [0.25, 0.3) is 0 Å². The molecule has 0 saturated heterocycles. The van der Waals surface area contributed by atoms with E-state index in [1.165, 1.54) is 13.1 Å². The third kappa shape index (κ3) is 0.930. The van der Waals surface area contributed by atoms with Gasteiger partial charge in [0.2, 0.25) is 0 Å². The molecule has 1 amide bonds. The number of hydrogen-bond donors (Lipinski definition) is 1. The van der Waals surface area contributed by atoms with E-state index < -0.39 is 6.23 Å². The quantitative estimate of drug-likeness (QED) is 0.520. The number of carbonyl (C=O) groups excluding carboxylic acids is 1. The van der Waals surface area contributed by atoms with Gasteiger partial charge in [-0.05, 0) is 6.08 Å². The Balaban J connectivity index is 2.82. The van der Waals surface area contributed by atoms with Gasteiger partial charge in [-0.1, -0.05) is 11.6 Å². The molecule has 0 aliphatic carbocycles. The minimum absolute atomic E-state index is 0.0880. The number of amides is 1. The van der Waals surface area contributed by atoms with Crippen molar-refractivity contribution in [2.24, 2.45) is 0 Å². The third-order valence-corrected chi connectivity index (χ3v) is 1.50. The first-order valence-electron chi connectivity index (χ1n) is 2.45. The fourth-order valence-electron chi connectivity index (χ4n) is 0.603. The molecule has 0 aromatic carbocycles. The first kappa shape index (κ1) is 6.58. The van der Waals surface area contributed by atoms with Crippen LogP contribution < -0.4 is 0 Å². The summed E-state index contributed by atoms with van der Waals surface area (Å²) in [6.45, 7) is 0. The average Bonchev–Trinajstić information content (AvgIpc) is 1.98. The van der Waals surface area contributed by atoms with Crippen molar-refractivity contribution in [2.75, 3.05) is 7.05 Å². The molecule has 3 nitrogen and oxygen atoms in total. The Morgan fingerprint density at radius 2 is 2.44 bits per heavy atom. The van der Waals surface area contributed by atoms with E-state index in [4.69, 9.17) is 16.7 Å². The fourth-order valence-corrected chi connectivity index (χ4v) is 0.849. The predicted molar refractivity (Wildman–Crippen MR) is 32.7 cm³/mol. The zero-order valence-electron chi connectivity index (χ0n) is 4.84. The molecule has 1 aliphatic heterocycles. The highest BCUT2D eigenvalue weighted by Gasteiger charge is 2.25. The van der Waals surface area contributed by atoms with Crippen molar-refractivity contribution in [2.45, 2.75) is 6.23 Å². The van der Waals surface area contributed by atoms with Gasteiger partial charge in [0.05, 0.1) is 0 Å². The van der Waals surface area contributed by atoms with E-state index in [0.29, 0.717) is 0 Å². The van der Waals surface area contributed by atoms with Gasteiger partial charge < -0.3 is 10.0 Å². The van der Waals surface area contributed by atoms with E-state index in [1.54, 1.807) is 0 Å². The van der Waals surface area contributed by atoms with Crippen LogP contribution in [-0.4, -0.2) is 29.2 Å². The summed E-state index contributed by atoms with van der Waals surface area (Å²) in [5.41, 5.74) is 0. The van der Waals surface area contributed by atoms with Gasteiger partial charge in [0.25, 0.3) is 5.91 Å². The average molecular weight is 148 g/mol. The summed E-state index contributed by atoms with van der Waals surface area (Å²) in [6.07, 6.45) is 0.453. The Labute approximate surface area is 57.5 Å². The molecule has 0 bridgehead atoms. The van der Waals surface area contributed by atoms with Crippen LogP contribution in [0, 0.1) is 0 Å². The highest BCUT2D eigenvalue weighted by molar-refractivity contribution is 6.42. The first-order chi connectivity index (χ1) is 4.13. The monoisotopic (exact) mass is 147 g/mol. The number of carbonyl (C=O) groups is 1. The Hall–Kier alpha value is -0.540. The van der Waals surface area contributed by atoms with Gasteiger partial charge in [0, 0.05) is 7.05 Å². The largest absolute Gasteiger partial charge is 0.370 e. The normalized spacial score (nSPS) is 27.0. The van der Waals surface area contributed by atoms with E-state index in [1.807, 2.05) is 0 Å². The summed E-state index contributed by atoms with van der Waals surface area (Å²) in [4.78, 5) is 11.8. The van der Waals surface area contributed by atoms with Crippen LogP contribution >= 0.6 is 11.6 Å². The van der Waals surface area contributed by atoms with Crippen LogP contribution in [0.1, 0.15) is 0 Å². The predicted octanol–water partition coefficient (Wildman–Crippen LogP) is -0.101. The molecule has 1 unspecified atom stereocenters. The molecule has 0 aromatic heterocycles. The fraction of sp³-hybridized carbons (Fsp3) is 0.400. The number of nitrogens with zero attached hydrogens (tertiary/aromatic N) is 1. The Bertz CT molecular complexity index is 178. The van der Waals surface area contributed by atoms with E-state index in [0.717, 1.165) is 4.90 Å². The maximum absolute atomic E-state index is 10.7. The highest BCUT2D eigenvalue weighted by Crippen LogP contribution is 2.16. The third-order valence-electron chi connectivity index (χ3n) is 1.22. The van der Waals surface area contributed by atoms with Crippen LogP contribution in [0.4, 0.5) is 0 Å². The molecule has 4 heteroatoms. The molecule has 0 aromatic rings. The lowest BCUT2D eigenvalue weighted by molar-refractivity contribution is -0.129. The van der Waals surface area contributed by atoms with Crippen molar-refractivity contribution in [3.8, 4) is 0 Å². The van der Waals surface area contributed by atoms with Crippen molar-refractivity contribution >= 4 is 17.5 Å². The van der Waals surface area contributed by atoms with Gasteiger partial charge in [0.15, 0.2) is 0 Å². The lowest BCUT2D eigenvalue weighted by atomic mass is 10.5. The SMILES string of the molecule is CN1C(=O)C(Cl)=CC1O. The van der Waals surface area contributed by atoms with E-state index in [-0.39, 0.29) is 10.9 Å². The van der Waals surface area contributed by atoms with Gasteiger partial charge in [-0.2, -0.15) is 0 Å². The van der Waals surface area contributed by atoms with Gasteiger partial charge in [-0.25, -0.2) is 0 Å². The minimum atomic E-state index is -0.843. The zero-order valence-corrected chi connectivity index (χ0v) is 5.59. The molecule has 0 radical (unpaired) electrons. The van der Waals surface area contributed by atoms with Crippen molar-refractivity contribution < 1.29 is 9.90 Å². The molecule has 0 spiro atoms. The standard InChI is InChI=1S/C5H6ClNO2/c1-7-4(8)2-3(6)5(7)9/h2,4,8H,1H3. The van der Waals surface area contributed by atoms with E-state index in [9.17, 15) is 4.79 Å². The van der Waals surface area contributed by atoms with Gasteiger partial charge in [-0.15, -0.1) is 0 Å². The second-order valence-electron chi connectivity index (χ2n) is 1.84. The molecule has 1 heterocycles. The molecule has 1 aliphatic rings. The number of hydrogen-bond acceptors (Lipinski definition) is 2.